The molecule has 3 heterocycles. The molecule has 0 bridgehead atoms. The molecule has 7 heteroatoms. The monoisotopic (exact) mass is 309 g/mol. The summed E-state index contributed by atoms with van der Waals surface area (Å²) in [6, 6.07) is 7.96. The van der Waals surface area contributed by atoms with Crippen LogP contribution in [0.15, 0.2) is 53.4 Å². The zero-order chi connectivity index (χ0) is 15.8. The number of benzene rings is 1. The van der Waals surface area contributed by atoms with Crippen LogP contribution in [-0.2, 0) is 0 Å². The topological polar surface area (TPSA) is 68.2 Å². The molecule has 114 valence electrons. The highest BCUT2D eigenvalue weighted by molar-refractivity contribution is 5.79. The lowest BCUT2D eigenvalue weighted by atomic mass is 10.1. The van der Waals surface area contributed by atoms with Crippen LogP contribution < -0.4 is 5.32 Å². The Labute approximate surface area is 130 Å². The molecule has 23 heavy (non-hydrogen) atoms. The fraction of sp³-hybridized carbons (Fsp3) is 0.0625. The molecule has 0 unspecified atom stereocenters. The van der Waals surface area contributed by atoms with Crippen molar-refractivity contribution in [2.75, 3.05) is 12.4 Å². The lowest BCUT2D eigenvalue weighted by Crippen LogP contribution is -1.98. The zero-order valence-electron chi connectivity index (χ0n) is 12.2. The van der Waals surface area contributed by atoms with Crippen LogP contribution in [-0.4, -0.2) is 26.4 Å². The number of fused-ring (bicyclic) bond motifs is 1. The quantitative estimate of drug-likeness (QED) is 0.629. The predicted octanol–water partition coefficient (Wildman–Crippen LogP) is 3.23. The second-order valence-electron chi connectivity index (χ2n) is 4.89. The van der Waals surface area contributed by atoms with Crippen LogP contribution in [0, 0.1) is 5.82 Å². The Bertz CT molecular complexity index is 974. The Morgan fingerprint density at radius 3 is 2.74 bits per heavy atom. The third-order valence-electron chi connectivity index (χ3n) is 3.50. The van der Waals surface area contributed by atoms with Gasteiger partial charge in [0.2, 0.25) is 5.95 Å². The molecule has 6 nitrogen and oxygen atoms in total. The minimum atomic E-state index is -0.294. The van der Waals surface area contributed by atoms with E-state index in [-0.39, 0.29) is 5.82 Å². The molecule has 0 spiro atoms. The van der Waals surface area contributed by atoms with Crippen molar-refractivity contribution in [3.8, 4) is 22.6 Å². The maximum absolute atomic E-state index is 13.2. The number of aromatic nitrogens is 4. The van der Waals surface area contributed by atoms with Gasteiger partial charge in [-0.25, -0.2) is 14.4 Å². The maximum atomic E-state index is 13.2. The van der Waals surface area contributed by atoms with Gasteiger partial charge in [0, 0.05) is 25.0 Å². The van der Waals surface area contributed by atoms with E-state index in [1.807, 2.05) is 0 Å². The molecule has 4 rings (SSSR count). The van der Waals surface area contributed by atoms with Gasteiger partial charge in [0.25, 0.3) is 0 Å². The Morgan fingerprint density at radius 1 is 1.13 bits per heavy atom. The second-order valence-corrected chi connectivity index (χ2v) is 4.89. The second kappa shape index (κ2) is 5.20. The summed E-state index contributed by atoms with van der Waals surface area (Å²) in [5, 5.41) is 2.91. The summed E-state index contributed by atoms with van der Waals surface area (Å²) in [6.07, 6.45) is 4.99. The fourth-order valence-electron chi connectivity index (χ4n) is 2.45. The number of nitrogens with one attached hydrogen (secondary N) is 1. The van der Waals surface area contributed by atoms with E-state index in [0.29, 0.717) is 23.2 Å². The number of hydrogen-bond donors (Lipinski definition) is 1. The van der Waals surface area contributed by atoms with E-state index in [2.05, 4.69) is 20.3 Å². The van der Waals surface area contributed by atoms with Crippen molar-refractivity contribution >= 4 is 11.8 Å². The first-order chi connectivity index (χ1) is 11.3. The van der Waals surface area contributed by atoms with Gasteiger partial charge in [-0.3, -0.25) is 4.40 Å². The highest BCUT2D eigenvalue weighted by Crippen LogP contribution is 2.32. The van der Waals surface area contributed by atoms with Crippen molar-refractivity contribution in [1.82, 2.24) is 19.4 Å². The molecular formula is C16H12FN5O. The maximum Gasteiger partial charge on any atom is 0.306 e. The Hall–Kier alpha value is -3.22. The van der Waals surface area contributed by atoms with Crippen LogP contribution in [0.25, 0.3) is 28.5 Å². The standard InChI is InChI=1S/C16H12FN5O/c1-18-15-19-7-6-12(20-15)14-13(10-2-4-11(17)5-3-10)21-16-22(14)8-9-23-16/h2-9H,1H3,(H,18,19,20). The van der Waals surface area contributed by atoms with Crippen LogP contribution in [0.5, 0.6) is 0 Å². The van der Waals surface area contributed by atoms with Gasteiger partial charge in [-0.1, -0.05) is 0 Å². The van der Waals surface area contributed by atoms with Crippen molar-refractivity contribution in [2.45, 2.75) is 0 Å². The lowest BCUT2D eigenvalue weighted by Gasteiger charge is -2.05. The minimum absolute atomic E-state index is 0.294. The van der Waals surface area contributed by atoms with Gasteiger partial charge in [0.05, 0.1) is 5.69 Å². The summed E-state index contributed by atoms with van der Waals surface area (Å²) in [7, 11) is 1.75. The molecule has 0 atom stereocenters. The van der Waals surface area contributed by atoms with Crippen LogP contribution >= 0.6 is 0 Å². The van der Waals surface area contributed by atoms with Gasteiger partial charge in [0.15, 0.2) is 0 Å². The Kier molecular flexibility index (Phi) is 3.04. The fourth-order valence-corrected chi connectivity index (χ4v) is 2.45. The van der Waals surface area contributed by atoms with E-state index in [1.54, 1.807) is 48.3 Å². The number of anilines is 1. The van der Waals surface area contributed by atoms with Gasteiger partial charge < -0.3 is 9.73 Å². The molecule has 0 saturated heterocycles. The zero-order valence-corrected chi connectivity index (χ0v) is 12.2. The molecule has 4 aromatic rings. The van der Waals surface area contributed by atoms with E-state index in [0.717, 1.165) is 11.3 Å². The van der Waals surface area contributed by atoms with Gasteiger partial charge in [-0.05, 0) is 30.3 Å². The summed E-state index contributed by atoms with van der Waals surface area (Å²) >= 11 is 0. The van der Waals surface area contributed by atoms with E-state index in [1.165, 1.54) is 12.1 Å². The highest BCUT2D eigenvalue weighted by Gasteiger charge is 2.19. The van der Waals surface area contributed by atoms with Crippen molar-refractivity contribution in [1.29, 1.82) is 0 Å². The van der Waals surface area contributed by atoms with Crippen molar-refractivity contribution in [2.24, 2.45) is 0 Å². The average molecular weight is 309 g/mol. The van der Waals surface area contributed by atoms with Crippen LogP contribution in [0.1, 0.15) is 0 Å². The van der Waals surface area contributed by atoms with E-state index in [9.17, 15) is 4.39 Å². The first kappa shape index (κ1) is 13.4. The molecule has 0 radical (unpaired) electrons. The van der Waals surface area contributed by atoms with Gasteiger partial charge in [-0.2, -0.15) is 4.98 Å². The molecule has 0 saturated carbocycles. The lowest BCUT2D eigenvalue weighted by molar-refractivity contribution is 0.596. The van der Waals surface area contributed by atoms with Crippen LogP contribution in [0.4, 0.5) is 10.3 Å². The third kappa shape index (κ3) is 2.22. The minimum Gasteiger partial charge on any atom is -0.432 e. The number of halogens is 1. The molecule has 0 aliphatic carbocycles. The normalized spacial score (nSPS) is 11.0. The van der Waals surface area contributed by atoms with Gasteiger partial charge >= 0.3 is 5.84 Å². The largest absolute Gasteiger partial charge is 0.432 e. The predicted molar refractivity (Wildman–Crippen MR) is 83.4 cm³/mol. The molecule has 0 aliphatic heterocycles. The molecule has 1 aromatic carbocycles. The molecule has 3 aromatic heterocycles. The summed E-state index contributed by atoms with van der Waals surface area (Å²) < 4.78 is 20.4. The average Bonchev–Trinajstić information content (AvgIpc) is 3.16. The molecule has 1 N–H and O–H groups in total. The van der Waals surface area contributed by atoms with E-state index in [4.69, 9.17) is 4.42 Å². The number of hydrogen-bond acceptors (Lipinski definition) is 5. The smallest absolute Gasteiger partial charge is 0.306 e. The third-order valence-corrected chi connectivity index (χ3v) is 3.50. The first-order valence-electron chi connectivity index (χ1n) is 6.99. The molecule has 0 fully saturated rings. The number of rotatable bonds is 3. The molecule has 0 aliphatic rings. The Balaban J connectivity index is 1.98. The van der Waals surface area contributed by atoms with Gasteiger partial charge in [-0.15, -0.1) is 0 Å². The summed E-state index contributed by atoms with van der Waals surface area (Å²) in [4.78, 5) is 13.1. The summed E-state index contributed by atoms with van der Waals surface area (Å²) in [5.74, 6) is 0.660. The molecular weight excluding hydrogens is 297 g/mol. The van der Waals surface area contributed by atoms with Crippen molar-refractivity contribution in [3.05, 3.63) is 54.8 Å². The number of nitrogens with zero attached hydrogens (tertiary/aromatic N) is 4. The van der Waals surface area contributed by atoms with E-state index < -0.39 is 0 Å². The first-order valence-corrected chi connectivity index (χ1v) is 6.99. The van der Waals surface area contributed by atoms with Gasteiger partial charge in [0.1, 0.15) is 23.5 Å². The van der Waals surface area contributed by atoms with Crippen LogP contribution in [0.2, 0.25) is 0 Å². The van der Waals surface area contributed by atoms with E-state index >= 15 is 0 Å². The van der Waals surface area contributed by atoms with Crippen molar-refractivity contribution < 1.29 is 8.81 Å². The highest BCUT2D eigenvalue weighted by atomic mass is 19.1. The molecule has 0 amide bonds. The number of oxazole rings is 1. The summed E-state index contributed by atoms with van der Waals surface area (Å²) in [6.45, 7) is 0. The Morgan fingerprint density at radius 2 is 1.96 bits per heavy atom. The van der Waals surface area contributed by atoms with Crippen molar-refractivity contribution in [3.63, 3.8) is 0 Å². The SMILES string of the molecule is CNc1nccc(-c2c(-c3ccc(F)cc3)nc3occn23)n1. The number of imidazole rings is 1. The summed E-state index contributed by atoms with van der Waals surface area (Å²) in [5.41, 5.74) is 2.91. The van der Waals surface area contributed by atoms with Crippen LogP contribution in [0.3, 0.4) is 0 Å².